The topological polar surface area (TPSA) is 63.3 Å². The third-order valence-corrected chi connectivity index (χ3v) is 2.14. The SMILES string of the molecule is NC(CC1CC1CF)C(=O)O. The Bertz CT molecular complexity index is 163. The summed E-state index contributed by atoms with van der Waals surface area (Å²) in [6, 6.07) is -0.809. The lowest BCUT2D eigenvalue weighted by Gasteiger charge is -2.03. The summed E-state index contributed by atoms with van der Waals surface area (Å²) in [5, 5.41) is 8.40. The molecule has 3 nitrogen and oxygen atoms in total. The summed E-state index contributed by atoms with van der Waals surface area (Å²) in [6.45, 7) is -0.336. The first kappa shape index (κ1) is 8.46. The molecule has 1 fully saturated rings. The van der Waals surface area contributed by atoms with E-state index in [1.54, 1.807) is 0 Å². The molecular formula is C7H12FNO2. The summed E-state index contributed by atoms with van der Waals surface area (Å²) in [5.41, 5.74) is 5.25. The van der Waals surface area contributed by atoms with Crippen LogP contribution in [-0.4, -0.2) is 23.8 Å². The van der Waals surface area contributed by atoms with Gasteiger partial charge in [0.2, 0.25) is 0 Å². The van der Waals surface area contributed by atoms with Crippen molar-refractivity contribution in [2.75, 3.05) is 6.67 Å². The maximum absolute atomic E-state index is 11.9. The van der Waals surface area contributed by atoms with Crippen molar-refractivity contribution in [3.8, 4) is 0 Å². The first-order chi connectivity index (χ1) is 5.15. The molecule has 1 rings (SSSR count). The second kappa shape index (κ2) is 3.17. The maximum Gasteiger partial charge on any atom is 0.320 e. The van der Waals surface area contributed by atoms with Gasteiger partial charge in [-0.1, -0.05) is 0 Å². The summed E-state index contributed by atoms with van der Waals surface area (Å²) in [5.74, 6) is -0.694. The Balaban J connectivity index is 2.18. The zero-order chi connectivity index (χ0) is 8.43. The molecule has 1 aliphatic carbocycles. The van der Waals surface area contributed by atoms with E-state index < -0.39 is 12.0 Å². The fraction of sp³-hybridized carbons (Fsp3) is 0.857. The van der Waals surface area contributed by atoms with Crippen molar-refractivity contribution >= 4 is 5.97 Å². The number of hydrogen-bond donors (Lipinski definition) is 2. The van der Waals surface area contributed by atoms with Crippen LogP contribution in [0.15, 0.2) is 0 Å². The minimum atomic E-state index is -0.991. The van der Waals surface area contributed by atoms with E-state index in [2.05, 4.69) is 0 Å². The van der Waals surface area contributed by atoms with Crippen LogP contribution in [0, 0.1) is 11.8 Å². The van der Waals surface area contributed by atoms with Crippen molar-refractivity contribution in [3.63, 3.8) is 0 Å². The van der Waals surface area contributed by atoms with E-state index >= 15 is 0 Å². The number of alkyl halides is 1. The van der Waals surface area contributed by atoms with Gasteiger partial charge in [-0.25, -0.2) is 0 Å². The van der Waals surface area contributed by atoms with Crippen molar-refractivity contribution in [1.82, 2.24) is 0 Å². The van der Waals surface area contributed by atoms with Crippen LogP contribution in [0.1, 0.15) is 12.8 Å². The van der Waals surface area contributed by atoms with Crippen LogP contribution in [0.2, 0.25) is 0 Å². The van der Waals surface area contributed by atoms with Crippen LogP contribution in [0.25, 0.3) is 0 Å². The molecule has 0 saturated heterocycles. The lowest BCUT2D eigenvalue weighted by Crippen LogP contribution is -2.30. The van der Waals surface area contributed by atoms with Gasteiger partial charge in [-0.3, -0.25) is 9.18 Å². The Hall–Kier alpha value is -0.640. The molecule has 3 atom stereocenters. The molecule has 0 bridgehead atoms. The number of carboxylic acid groups (broad SMARTS) is 1. The fourth-order valence-corrected chi connectivity index (χ4v) is 1.21. The monoisotopic (exact) mass is 161 g/mol. The average molecular weight is 161 g/mol. The molecule has 64 valence electrons. The van der Waals surface area contributed by atoms with E-state index in [4.69, 9.17) is 10.8 Å². The Morgan fingerprint density at radius 2 is 2.36 bits per heavy atom. The Labute approximate surface area is 64.4 Å². The Kier molecular flexibility index (Phi) is 2.44. The first-order valence-corrected chi connectivity index (χ1v) is 3.69. The number of aliphatic carboxylic acids is 1. The van der Waals surface area contributed by atoms with Crippen molar-refractivity contribution in [1.29, 1.82) is 0 Å². The van der Waals surface area contributed by atoms with Crippen molar-refractivity contribution < 1.29 is 14.3 Å². The van der Waals surface area contributed by atoms with Gasteiger partial charge in [-0.15, -0.1) is 0 Å². The van der Waals surface area contributed by atoms with Gasteiger partial charge in [0.05, 0.1) is 6.67 Å². The number of carboxylic acids is 1. The maximum atomic E-state index is 11.9. The normalized spacial score (nSPS) is 31.5. The van der Waals surface area contributed by atoms with Crippen LogP contribution >= 0.6 is 0 Å². The minimum Gasteiger partial charge on any atom is -0.480 e. The summed E-state index contributed by atoms with van der Waals surface area (Å²) >= 11 is 0. The second-order valence-electron chi connectivity index (χ2n) is 3.09. The van der Waals surface area contributed by atoms with Gasteiger partial charge in [0, 0.05) is 0 Å². The zero-order valence-corrected chi connectivity index (χ0v) is 6.16. The molecule has 11 heavy (non-hydrogen) atoms. The zero-order valence-electron chi connectivity index (χ0n) is 6.16. The molecule has 0 aromatic heterocycles. The van der Waals surface area contributed by atoms with Gasteiger partial charge in [0.25, 0.3) is 0 Å². The highest BCUT2D eigenvalue weighted by atomic mass is 19.1. The van der Waals surface area contributed by atoms with Gasteiger partial charge in [0.15, 0.2) is 0 Å². The van der Waals surface area contributed by atoms with Gasteiger partial charge < -0.3 is 10.8 Å². The highest BCUT2D eigenvalue weighted by molar-refractivity contribution is 5.73. The molecule has 4 heteroatoms. The molecule has 1 aliphatic rings. The molecule has 0 radical (unpaired) electrons. The molecule has 0 aromatic rings. The highest BCUT2D eigenvalue weighted by Crippen LogP contribution is 2.41. The number of carbonyl (C=O) groups is 1. The summed E-state index contributed by atoms with van der Waals surface area (Å²) in [4.78, 5) is 10.2. The second-order valence-corrected chi connectivity index (χ2v) is 3.09. The van der Waals surface area contributed by atoms with E-state index in [9.17, 15) is 9.18 Å². The predicted molar refractivity (Wildman–Crippen MR) is 37.8 cm³/mol. The third kappa shape index (κ3) is 2.15. The molecule has 0 aromatic carbocycles. The fourth-order valence-electron chi connectivity index (χ4n) is 1.21. The van der Waals surface area contributed by atoms with E-state index in [0.717, 1.165) is 6.42 Å². The Morgan fingerprint density at radius 1 is 1.73 bits per heavy atom. The molecule has 0 amide bonds. The summed E-state index contributed by atoms with van der Waals surface area (Å²) < 4.78 is 11.9. The molecule has 3 N–H and O–H groups in total. The molecule has 1 saturated carbocycles. The third-order valence-electron chi connectivity index (χ3n) is 2.14. The largest absolute Gasteiger partial charge is 0.480 e. The van der Waals surface area contributed by atoms with Crippen molar-refractivity contribution in [2.45, 2.75) is 18.9 Å². The number of nitrogens with two attached hydrogens (primary N) is 1. The highest BCUT2D eigenvalue weighted by Gasteiger charge is 2.38. The number of rotatable bonds is 4. The quantitative estimate of drug-likeness (QED) is 0.627. The van der Waals surface area contributed by atoms with Gasteiger partial charge in [0.1, 0.15) is 6.04 Å². The van der Waals surface area contributed by atoms with Crippen LogP contribution < -0.4 is 5.73 Å². The molecule has 3 unspecified atom stereocenters. The van der Waals surface area contributed by atoms with Gasteiger partial charge in [-0.05, 0) is 24.7 Å². The van der Waals surface area contributed by atoms with Crippen LogP contribution in [0.4, 0.5) is 4.39 Å². The van der Waals surface area contributed by atoms with E-state index in [0.29, 0.717) is 6.42 Å². The van der Waals surface area contributed by atoms with E-state index in [-0.39, 0.29) is 18.5 Å². The van der Waals surface area contributed by atoms with E-state index in [1.165, 1.54) is 0 Å². The smallest absolute Gasteiger partial charge is 0.320 e. The predicted octanol–water partition coefficient (Wildman–Crippen LogP) is 0.394. The van der Waals surface area contributed by atoms with Crippen LogP contribution in [0.5, 0.6) is 0 Å². The first-order valence-electron chi connectivity index (χ1n) is 3.69. The van der Waals surface area contributed by atoms with Crippen molar-refractivity contribution in [3.05, 3.63) is 0 Å². The standard InChI is InChI=1S/C7H12FNO2/c8-3-5-1-4(5)2-6(9)7(10)11/h4-6H,1-3,9H2,(H,10,11). The van der Waals surface area contributed by atoms with Crippen LogP contribution in [0.3, 0.4) is 0 Å². The number of halogens is 1. The molecule has 0 spiro atoms. The molecular weight excluding hydrogens is 149 g/mol. The molecule has 0 heterocycles. The lowest BCUT2D eigenvalue weighted by molar-refractivity contribution is -0.138. The molecule has 0 aliphatic heterocycles. The van der Waals surface area contributed by atoms with Gasteiger partial charge in [-0.2, -0.15) is 0 Å². The minimum absolute atomic E-state index is 0.0837. The Morgan fingerprint density at radius 3 is 2.73 bits per heavy atom. The summed E-state index contributed by atoms with van der Waals surface area (Å²) in [7, 11) is 0. The average Bonchev–Trinajstić information content (AvgIpc) is 2.67. The van der Waals surface area contributed by atoms with Crippen molar-refractivity contribution in [2.24, 2.45) is 17.6 Å². The lowest BCUT2D eigenvalue weighted by atomic mass is 10.1. The van der Waals surface area contributed by atoms with Gasteiger partial charge >= 0.3 is 5.97 Å². The summed E-state index contributed by atoms with van der Waals surface area (Å²) in [6.07, 6.45) is 1.22. The van der Waals surface area contributed by atoms with E-state index in [1.807, 2.05) is 0 Å². The number of hydrogen-bond acceptors (Lipinski definition) is 2. The van der Waals surface area contributed by atoms with Crippen LogP contribution in [-0.2, 0) is 4.79 Å².